The number of para-hydroxylation sites is 1. The van der Waals surface area contributed by atoms with Gasteiger partial charge in [-0.1, -0.05) is 146 Å². The first-order valence-corrected chi connectivity index (χ1v) is 20.3. The predicted molar refractivity (Wildman–Crippen MR) is 244 cm³/mol. The SMILES string of the molecule is c1ccc(-c2cccc(-c3nc(-c4ccc5c(c4)sc4ccccc45)nc(-c4ccc(-n5c6ccccc6c6cc7ccccc7cc65)c5ccccc45)n3)c2)cc1. The fourth-order valence-electron chi connectivity index (χ4n) is 8.68. The molecule has 270 valence electrons. The molecule has 0 aliphatic rings. The molecule has 3 heterocycles. The molecule has 0 aliphatic carbocycles. The highest BCUT2D eigenvalue weighted by molar-refractivity contribution is 7.25. The standard InChI is InChI=1S/C53H32N4S/c1-2-13-33(14-3-1)34-17-12-18-37(29-34)51-54-52(38-25-26-43-42-22-9-11-24-49(42)58-50(43)32-38)56-53(55-51)44-27-28-47(40-20-7-6-19-39(40)44)57-46-23-10-8-21-41(46)45-30-35-15-4-5-16-36(35)31-48(45)57/h1-32H. The van der Waals surface area contributed by atoms with Crippen LogP contribution in [0.5, 0.6) is 0 Å². The third-order valence-corrected chi connectivity index (χ3v) is 12.6. The van der Waals surface area contributed by atoms with E-state index in [1.165, 1.54) is 52.8 Å². The summed E-state index contributed by atoms with van der Waals surface area (Å²) in [6, 6.07) is 69.2. The summed E-state index contributed by atoms with van der Waals surface area (Å²) in [5, 5.41) is 9.64. The molecule has 12 aromatic rings. The van der Waals surface area contributed by atoms with Gasteiger partial charge >= 0.3 is 0 Å². The Bertz CT molecular complexity index is 3580. The zero-order valence-electron chi connectivity index (χ0n) is 31.2. The summed E-state index contributed by atoms with van der Waals surface area (Å²) in [5.74, 6) is 1.92. The van der Waals surface area contributed by atoms with Crippen LogP contribution in [0.4, 0.5) is 0 Å². The van der Waals surface area contributed by atoms with Crippen molar-refractivity contribution in [1.29, 1.82) is 0 Å². The van der Waals surface area contributed by atoms with E-state index in [9.17, 15) is 0 Å². The maximum Gasteiger partial charge on any atom is 0.164 e. The molecule has 3 aromatic heterocycles. The van der Waals surface area contributed by atoms with E-state index in [0.717, 1.165) is 44.3 Å². The number of hydrogen-bond donors (Lipinski definition) is 0. The van der Waals surface area contributed by atoms with Crippen LogP contribution < -0.4 is 0 Å². The van der Waals surface area contributed by atoms with Crippen LogP contribution >= 0.6 is 11.3 Å². The van der Waals surface area contributed by atoms with Crippen molar-refractivity contribution in [3.05, 3.63) is 194 Å². The Labute approximate surface area is 338 Å². The summed E-state index contributed by atoms with van der Waals surface area (Å²) >= 11 is 1.80. The van der Waals surface area contributed by atoms with E-state index in [0.29, 0.717) is 17.5 Å². The molecule has 0 unspecified atom stereocenters. The van der Waals surface area contributed by atoms with Gasteiger partial charge in [-0.3, -0.25) is 0 Å². The van der Waals surface area contributed by atoms with Gasteiger partial charge < -0.3 is 4.57 Å². The molecule has 0 N–H and O–H groups in total. The minimum absolute atomic E-state index is 0.636. The molecule has 4 nitrogen and oxygen atoms in total. The fourth-order valence-corrected chi connectivity index (χ4v) is 9.82. The van der Waals surface area contributed by atoms with Crippen molar-refractivity contribution >= 4 is 74.9 Å². The van der Waals surface area contributed by atoms with Crippen molar-refractivity contribution in [1.82, 2.24) is 19.5 Å². The third-order valence-electron chi connectivity index (χ3n) is 11.4. The van der Waals surface area contributed by atoms with Gasteiger partial charge in [0.1, 0.15) is 0 Å². The van der Waals surface area contributed by atoms with E-state index in [2.05, 4.69) is 193 Å². The molecule has 0 bridgehead atoms. The molecule has 12 rings (SSSR count). The van der Waals surface area contributed by atoms with Crippen LogP contribution in [-0.2, 0) is 0 Å². The Morgan fingerprint density at radius 3 is 1.79 bits per heavy atom. The van der Waals surface area contributed by atoms with Gasteiger partial charge in [-0.05, 0) is 75.8 Å². The van der Waals surface area contributed by atoms with Crippen molar-refractivity contribution in [3.63, 3.8) is 0 Å². The molecule has 0 atom stereocenters. The number of aromatic nitrogens is 4. The fraction of sp³-hybridized carbons (Fsp3) is 0. The Morgan fingerprint density at radius 2 is 0.948 bits per heavy atom. The van der Waals surface area contributed by atoms with Gasteiger partial charge in [0.2, 0.25) is 0 Å². The summed E-state index contributed by atoms with van der Waals surface area (Å²) in [6.45, 7) is 0. The normalized spacial score (nSPS) is 11.8. The number of benzene rings is 9. The van der Waals surface area contributed by atoms with Crippen LogP contribution in [0.15, 0.2) is 194 Å². The van der Waals surface area contributed by atoms with E-state index in [4.69, 9.17) is 15.0 Å². The topological polar surface area (TPSA) is 43.6 Å². The van der Waals surface area contributed by atoms with E-state index < -0.39 is 0 Å². The van der Waals surface area contributed by atoms with Crippen LogP contribution in [0.1, 0.15) is 0 Å². The molecule has 5 heteroatoms. The monoisotopic (exact) mass is 756 g/mol. The second kappa shape index (κ2) is 13.1. The molecular weight excluding hydrogens is 725 g/mol. The van der Waals surface area contributed by atoms with Gasteiger partial charge in [0, 0.05) is 53.0 Å². The summed E-state index contributed by atoms with van der Waals surface area (Å²) in [7, 11) is 0. The smallest absolute Gasteiger partial charge is 0.164 e. The highest BCUT2D eigenvalue weighted by Crippen LogP contribution is 2.40. The maximum atomic E-state index is 5.29. The maximum absolute atomic E-state index is 5.29. The van der Waals surface area contributed by atoms with Gasteiger partial charge in [0.05, 0.1) is 16.7 Å². The van der Waals surface area contributed by atoms with Gasteiger partial charge in [0.15, 0.2) is 17.5 Å². The number of fused-ring (bicyclic) bond motifs is 8. The van der Waals surface area contributed by atoms with Gasteiger partial charge in [-0.2, -0.15) is 0 Å². The van der Waals surface area contributed by atoms with Crippen molar-refractivity contribution in [2.45, 2.75) is 0 Å². The minimum Gasteiger partial charge on any atom is -0.309 e. The van der Waals surface area contributed by atoms with Crippen LogP contribution in [0.25, 0.3) is 115 Å². The Morgan fingerprint density at radius 1 is 0.328 bits per heavy atom. The molecule has 0 amide bonds. The van der Waals surface area contributed by atoms with Crippen LogP contribution in [0, 0.1) is 0 Å². The lowest BCUT2D eigenvalue weighted by atomic mass is 10.0. The molecule has 58 heavy (non-hydrogen) atoms. The Balaban J connectivity index is 1.08. The molecule has 0 saturated carbocycles. The summed E-state index contributed by atoms with van der Waals surface area (Å²) in [5.41, 5.74) is 8.58. The number of hydrogen-bond acceptors (Lipinski definition) is 4. The van der Waals surface area contributed by atoms with Crippen LogP contribution in [-0.4, -0.2) is 19.5 Å². The van der Waals surface area contributed by atoms with E-state index in [1.54, 1.807) is 11.3 Å². The first kappa shape index (κ1) is 32.7. The minimum atomic E-state index is 0.636. The summed E-state index contributed by atoms with van der Waals surface area (Å²) in [6.07, 6.45) is 0. The molecule has 0 aliphatic heterocycles. The van der Waals surface area contributed by atoms with E-state index >= 15 is 0 Å². The molecule has 9 aromatic carbocycles. The first-order chi connectivity index (χ1) is 28.7. The van der Waals surface area contributed by atoms with Crippen LogP contribution in [0.3, 0.4) is 0 Å². The predicted octanol–water partition coefficient (Wildman–Crippen LogP) is 14.3. The third kappa shape index (κ3) is 5.25. The zero-order chi connectivity index (χ0) is 38.2. The Hall–Kier alpha value is -7.47. The van der Waals surface area contributed by atoms with Gasteiger partial charge in [-0.25, -0.2) is 15.0 Å². The average Bonchev–Trinajstić information content (AvgIpc) is 3.83. The second-order valence-electron chi connectivity index (χ2n) is 14.8. The molecule has 0 spiro atoms. The van der Waals surface area contributed by atoms with Gasteiger partial charge in [-0.15, -0.1) is 11.3 Å². The summed E-state index contributed by atoms with van der Waals surface area (Å²) in [4.78, 5) is 15.8. The van der Waals surface area contributed by atoms with Crippen molar-refractivity contribution in [2.24, 2.45) is 0 Å². The lowest BCUT2D eigenvalue weighted by Crippen LogP contribution is -2.02. The molecule has 0 saturated heterocycles. The molecular formula is C53H32N4S. The zero-order valence-corrected chi connectivity index (χ0v) is 32.0. The highest BCUT2D eigenvalue weighted by atomic mass is 32.1. The van der Waals surface area contributed by atoms with Crippen LogP contribution in [0.2, 0.25) is 0 Å². The van der Waals surface area contributed by atoms with Gasteiger partial charge in [0.25, 0.3) is 0 Å². The number of nitrogens with zero attached hydrogens (tertiary/aromatic N) is 4. The quantitative estimate of drug-likeness (QED) is 0.176. The highest BCUT2D eigenvalue weighted by Gasteiger charge is 2.20. The van der Waals surface area contributed by atoms with Crippen molar-refractivity contribution < 1.29 is 0 Å². The first-order valence-electron chi connectivity index (χ1n) is 19.5. The number of thiophene rings is 1. The van der Waals surface area contributed by atoms with E-state index in [1.807, 2.05) is 6.07 Å². The summed E-state index contributed by atoms with van der Waals surface area (Å²) < 4.78 is 4.90. The largest absolute Gasteiger partial charge is 0.309 e. The average molecular weight is 757 g/mol. The molecule has 0 fully saturated rings. The van der Waals surface area contributed by atoms with Crippen molar-refractivity contribution in [2.75, 3.05) is 0 Å². The lowest BCUT2D eigenvalue weighted by Gasteiger charge is -2.15. The second-order valence-corrected chi connectivity index (χ2v) is 15.9. The number of rotatable bonds is 5. The lowest BCUT2D eigenvalue weighted by molar-refractivity contribution is 1.08. The van der Waals surface area contributed by atoms with E-state index in [-0.39, 0.29) is 0 Å². The molecule has 0 radical (unpaired) electrons. The van der Waals surface area contributed by atoms with Crippen molar-refractivity contribution in [3.8, 4) is 51.0 Å². The Kier molecular flexibility index (Phi) is 7.37.